The van der Waals surface area contributed by atoms with Gasteiger partial charge >= 0.3 is 0 Å². The first-order valence-electron chi connectivity index (χ1n) is 7.53. The lowest BCUT2D eigenvalue weighted by Gasteiger charge is -2.18. The van der Waals surface area contributed by atoms with Crippen molar-refractivity contribution < 1.29 is 10.2 Å². The number of hydrogen-bond acceptors (Lipinski definition) is 5. The second-order valence-corrected chi connectivity index (χ2v) is 5.58. The van der Waals surface area contributed by atoms with Crippen LogP contribution in [0, 0.1) is 6.42 Å². The quantitative estimate of drug-likeness (QED) is 0.777. The summed E-state index contributed by atoms with van der Waals surface area (Å²) in [5.41, 5.74) is 2.23. The highest BCUT2D eigenvalue weighted by Crippen LogP contribution is 2.22. The van der Waals surface area contributed by atoms with Crippen LogP contribution in [0.4, 0.5) is 5.82 Å². The summed E-state index contributed by atoms with van der Waals surface area (Å²) in [7, 11) is 0. The van der Waals surface area contributed by atoms with E-state index in [-0.39, 0.29) is 6.04 Å². The van der Waals surface area contributed by atoms with Gasteiger partial charge in [0, 0.05) is 11.8 Å². The summed E-state index contributed by atoms with van der Waals surface area (Å²) in [4.78, 5) is 8.48. The van der Waals surface area contributed by atoms with E-state index < -0.39 is 12.2 Å². The van der Waals surface area contributed by atoms with Crippen LogP contribution in [0.15, 0.2) is 42.7 Å². The molecule has 2 aromatic rings. The maximum Gasteiger partial charge on any atom is 0.129 e. The van der Waals surface area contributed by atoms with Crippen molar-refractivity contribution in [1.29, 1.82) is 0 Å². The SMILES string of the molecule is O[C@@H]1[C@H](O)[CH]C[C@H]1Nc1cc(CCc2ccccc2)ncn1. The standard InChI is InChI=1S/C17H20N3O2/c21-15-9-8-14(17(15)22)20-16-10-13(18-11-19-16)7-6-12-4-2-1-3-5-12/h1-5,9-11,14-15,17,21-22H,6-8H2,(H,18,19,20)/t14-,15-,17+/m1/s1. The molecule has 1 heterocycles. The molecule has 1 aliphatic rings. The van der Waals surface area contributed by atoms with Crippen LogP contribution in [0.25, 0.3) is 0 Å². The van der Waals surface area contributed by atoms with E-state index in [1.807, 2.05) is 24.3 Å². The zero-order valence-corrected chi connectivity index (χ0v) is 12.3. The van der Waals surface area contributed by atoms with Gasteiger partial charge in [-0.1, -0.05) is 30.3 Å². The van der Waals surface area contributed by atoms with Crippen molar-refractivity contribution in [2.75, 3.05) is 5.32 Å². The molecule has 1 saturated carbocycles. The lowest BCUT2D eigenvalue weighted by Crippen LogP contribution is -2.34. The third kappa shape index (κ3) is 3.61. The van der Waals surface area contributed by atoms with Crippen LogP contribution in [0.5, 0.6) is 0 Å². The fraction of sp³-hybridized carbons (Fsp3) is 0.353. The number of aromatic nitrogens is 2. The van der Waals surface area contributed by atoms with Gasteiger partial charge < -0.3 is 15.5 Å². The van der Waals surface area contributed by atoms with Gasteiger partial charge in [-0.05, 0) is 31.2 Å². The number of aryl methyl sites for hydroxylation is 2. The molecule has 0 aliphatic heterocycles. The van der Waals surface area contributed by atoms with Crippen molar-refractivity contribution in [3.8, 4) is 0 Å². The van der Waals surface area contributed by atoms with Gasteiger partial charge in [-0.15, -0.1) is 0 Å². The molecule has 5 nitrogen and oxygen atoms in total. The molecule has 0 bridgehead atoms. The monoisotopic (exact) mass is 298 g/mol. The number of nitrogens with one attached hydrogen (secondary N) is 1. The molecule has 1 fully saturated rings. The van der Waals surface area contributed by atoms with Crippen LogP contribution in [-0.4, -0.2) is 38.4 Å². The third-order valence-electron chi connectivity index (χ3n) is 3.96. The predicted molar refractivity (Wildman–Crippen MR) is 84.2 cm³/mol. The summed E-state index contributed by atoms with van der Waals surface area (Å²) in [6.45, 7) is 0. The van der Waals surface area contributed by atoms with Crippen LogP contribution in [0.2, 0.25) is 0 Å². The van der Waals surface area contributed by atoms with E-state index in [4.69, 9.17) is 0 Å². The van der Waals surface area contributed by atoms with Crippen LogP contribution >= 0.6 is 0 Å². The van der Waals surface area contributed by atoms with E-state index in [0.29, 0.717) is 12.2 Å². The summed E-state index contributed by atoms with van der Waals surface area (Å²) in [6, 6.07) is 12.0. The Bertz CT molecular complexity index is 606. The maximum atomic E-state index is 9.85. The van der Waals surface area contributed by atoms with Crippen molar-refractivity contribution in [1.82, 2.24) is 9.97 Å². The molecule has 1 radical (unpaired) electrons. The Hall–Kier alpha value is -1.98. The van der Waals surface area contributed by atoms with E-state index in [2.05, 4.69) is 27.4 Å². The smallest absolute Gasteiger partial charge is 0.129 e. The van der Waals surface area contributed by atoms with Crippen molar-refractivity contribution in [2.24, 2.45) is 0 Å². The number of anilines is 1. The molecule has 0 saturated heterocycles. The second-order valence-electron chi connectivity index (χ2n) is 5.58. The summed E-state index contributed by atoms with van der Waals surface area (Å²) in [5.74, 6) is 0.685. The minimum Gasteiger partial charge on any atom is -0.390 e. The number of rotatable bonds is 5. The Kier molecular flexibility index (Phi) is 4.65. The fourth-order valence-corrected chi connectivity index (χ4v) is 2.67. The minimum atomic E-state index is -0.789. The van der Waals surface area contributed by atoms with Gasteiger partial charge in [0.25, 0.3) is 0 Å². The number of aliphatic hydroxyl groups excluding tert-OH is 2. The highest BCUT2D eigenvalue weighted by Gasteiger charge is 2.33. The van der Waals surface area contributed by atoms with E-state index in [1.165, 1.54) is 11.9 Å². The zero-order valence-electron chi connectivity index (χ0n) is 12.3. The van der Waals surface area contributed by atoms with Gasteiger partial charge in [0.15, 0.2) is 0 Å². The molecule has 0 spiro atoms. The molecule has 5 heteroatoms. The molecule has 3 N–H and O–H groups in total. The van der Waals surface area contributed by atoms with Crippen molar-refractivity contribution >= 4 is 5.82 Å². The lowest BCUT2D eigenvalue weighted by atomic mass is 10.1. The summed E-state index contributed by atoms with van der Waals surface area (Å²) in [6.07, 6.45) is 4.06. The highest BCUT2D eigenvalue weighted by molar-refractivity contribution is 5.37. The number of nitrogens with zero attached hydrogens (tertiary/aromatic N) is 2. The normalized spacial score (nSPS) is 24.4. The maximum absolute atomic E-state index is 9.85. The Balaban J connectivity index is 1.60. The number of aliphatic hydroxyl groups is 2. The van der Waals surface area contributed by atoms with E-state index in [1.54, 1.807) is 6.42 Å². The molecule has 1 aliphatic carbocycles. The third-order valence-corrected chi connectivity index (χ3v) is 3.96. The van der Waals surface area contributed by atoms with Gasteiger partial charge in [0.2, 0.25) is 0 Å². The Morgan fingerprint density at radius 1 is 1.09 bits per heavy atom. The Morgan fingerprint density at radius 2 is 1.91 bits per heavy atom. The van der Waals surface area contributed by atoms with Crippen molar-refractivity contribution in [2.45, 2.75) is 37.5 Å². The van der Waals surface area contributed by atoms with Gasteiger partial charge in [-0.2, -0.15) is 0 Å². The molecule has 22 heavy (non-hydrogen) atoms. The lowest BCUT2D eigenvalue weighted by molar-refractivity contribution is 0.0530. The molecule has 1 aromatic heterocycles. The number of hydrogen-bond donors (Lipinski definition) is 3. The largest absolute Gasteiger partial charge is 0.390 e. The zero-order chi connectivity index (χ0) is 15.4. The molecule has 1 aromatic carbocycles. The summed E-state index contributed by atoms with van der Waals surface area (Å²) < 4.78 is 0. The van der Waals surface area contributed by atoms with Gasteiger partial charge in [0.1, 0.15) is 18.2 Å². The summed E-state index contributed by atoms with van der Waals surface area (Å²) >= 11 is 0. The van der Waals surface area contributed by atoms with E-state index in [9.17, 15) is 10.2 Å². The minimum absolute atomic E-state index is 0.202. The van der Waals surface area contributed by atoms with Crippen molar-refractivity contribution in [3.63, 3.8) is 0 Å². The van der Waals surface area contributed by atoms with E-state index in [0.717, 1.165) is 18.5 Å². The average molecular weight is 298 g/mol. The second kappa shape index (κ2) is 6.85. The van der Waals surface area contributed by atoms with Crippen LogP contribution in [-0.2, 0) is 12.8 Å². The molecule has 0 unspecified atom stereocenters. The Morgan fingerprint density at radius 3 is 2.64 bits per heavy atom. The van der Waals surface area contributed by atoms with Crippen molar-refractivity contribution in [3.05, 3.63) is 60.4 Å². The molecular formula is C17H20N3O2. The molecule has 3 rings (SSSR count). The first kappa shape index (κ1) is 14.9. The Labute approximate surface area is 130 Å². The van der Waals surface area contributed by atoms with Crippen LogP contribution < -0.4 is 5.32 Å². The average Bonchev–Trinajstić information content (AvgIpc) is 2.86. The number of benzene rings is 1. The molecule has 0 amide bonds. The topological polar surface area (TPSA) is 78.3 Å². The fourth-order valence-electron chi connectivity index (χ4n) is 2.67. The predicted octanol–water partition coefficient (Wildman–Crippen LogP) is 1.37. The molecule has 115 valence electrons. The first-order chi connectivity index (χ1) is 10.7. The molecule has 3 atom stereocenters. The summed E-state index contributed by atoms with van der Waals surface area (Å²) in [5, 5.41) is 22.6. The van der Waals surface area contributed by atoms with Gasteiger partial charge in [0.05, 0.1) is 12.1 Å². The molecular weight excluding hydrogens is 278 g/mol. The van der Waals surface area contributed by atoms with Crippen LogP contribution in [0.1, 0.15) is 17.7 Å². The first-order valence-corrected chi connectivity index (χ1v) is 7.53. The van der Waals surface area contributed by atoms with Crippen LogP contribution in [0.3, 0.4) is 0 Å². The highest BCUT2D eigenvalue weighted by atomic mass is 16.3. The van der Waals surface area contributed by atoms with Gasteiger partial charge in [-0.25, -0.2) is 9.97 Å². The van der Waals surface area contributed by atoms with Gasteiger partial charge in [-0.3, -0.25) is 0 Å². The van der Waals surface area contributed by atoms with E-state index >= 15 is 0 Å².